The standard InChI is InChI=1S/C15H19NO5/c1-18-12(14-13-11(20-13)8-19-14)10(21-15(16)17)7-9-5-3-2-4-6-9/h2-6,10-14H,7-8H2,1H3,(H2,16,17)/t10?,11-,12?,13-,14+/m0/s1. The normalized spacial score (nSPS) is 29.5. The first-order valence-corrected chi connectivity index (χ1v) is 6.99. The summed E-state index contributed by atoms with van der Waals surface area (Å²) in [6.45, 7) is 0.559. The minimum atomic E-state index is -0.816. The van der Waals surface area contributed by atoms with Gasteiger partial charge in [-0.25, -0.2) is 4.79 Å². The molecule has 3 rings (SSSR count). The van der Waals surface area contributed by atoms with Gasteiger partial charge < -0.3 is 24.7 Å². The van der Waals surface area contributed by atoms with E-state index in [-0.39, 0.29) is 18.3 Å². The highest BCUT2D eigenvalue weighted by Gasteiger charge is 2.56. The monoisotopic (exact) mass is 293 g/mol. The maximum atomic E-state index is 11.2. The second kappa shape index (κ2) is 6.01. The highest BCUT2D eigenvalue weighted by molar-refractivity contribution is 5.64. The maximum Gasteiger partial charge on any atom is 0.404 e. The molecule has 2 fully saturated rings. The fourth-order valence-corrected chi connectivity index (χ4v) is 2.88. The number of hydrogen-bond acceptors (Lipinski definition) is 5. The first kappa shape index (κ1) is 14.3. The smallest absolute Gasteiger partial charge is 0.404 e. The number of carbonyl (C=O) groups is 1. The lowest BCUT2D eigenvalue weighted by molar-refractivity contribution is -0.112. The summed E-state index contributed by atoms with van der Waals surface area (Å²) in [4.78, 5) is 11.2. The van der Waals surface area contributed by atoms with Crippen molar-refractivity contribution >= 4 is 6.09 Å². The van der Waals surface area contributed by atoms with E-state index >= 15 is 0 Å². The molecule has 2 heterocycles. The van der Waals surface area contributed by atoms with Gasteiger partial charge in [0, 0.05) is 13.5 Å². The van der Waals surface area contributed by atoms with E-state index in [2.05, 4.69) is 0 Å². The van der Waals surface area contributed by atoms with Crippen LogP contribution in [0.1, 0.15) is 5.56 Å². The second-order valence-electron chi connectivity index (χ2n) is 5.30. The van der Waals surface area contributed by atoms with Crippen molar-refractivity contribution in [3.8, 4) is 0 Å². The average molecular weight is 293 g/mol. The van der Waals surface area contributed by atoms with Crippen LogP contribution in [-0.2, 0) is 25.4 Å². The van der Waals surface area contributed by atoms with Crippen molar-refractivity contribution in [2.75, 3.05) is 13.7 Å². The Labute approximate surface area is 123 Å². The lowest BCUT2D eigenvalue weighted by Gasteiger charge is -2.29. The highest BCUT2D eigenvalue weighted by Crippen LogP contribution is 2.37. The van der Waals surface area contributed by atoms with Crippen LogP contribution in [0.4, 0.5) is 4.79 Å². The molecular formula is C15H19NO5. The molecule has 1 aromatic rings. The summed E-state index contributed by atoms with van der Waals surface area (Å²) in [5.41, 5.74) is 6.23. The van der Waals surface area contributed by atoms with E-state index in [9.17, 15) is 4.79 Å². The zero-order valence-corrected chi connectivity index (χ0v) is 11.8. The van der Waals surface area contributed by atoms with Crippen molar-refractivity contribution in [2.45, 2.75) is 36.9 Å². The van der Waals surface area contributed by atoms with Gasteiger partial charge in [0.15, 0.2) is 0 Å². The molecule has 2 unspecified atom stereocenters. The number of epoxide rings is 1. The van der Waals surface area contributed by atoms with Crippen LogP contribution < -0.4 is 5.73 Å². The molecule has 1 aromatic carbocycles. The first-order chi connectivity index (χ1) is 10.2. The molecule has 6 nitrogen and oxygen atoms in total. The van der Waals surface area contributed by atoms with E-state index in [1.165, 1.54) is 0 Å². The Balaban J connectivity index is 1.74. The fraction of sp³-hybridized carbons (Fsp3) is 0.533. The number of rotatable bonds is 6. The lowest BCUT2D eigenvalue weighted by Crippen LogP contribution is -2.46. The zero-order valence-electron chi connectivity index (χ0n) is 11.8. The van der Waals surface area contributed by atoms with Crippen molar-refractivity contribution in [2.24, 2.45) is 5.73 Å². The molecule has 0 bridgehead atoms. The third-order valence-corrected chi connectivity index (χ3v) is 3.91. The van der Waals surface area contributed by atoms with Crippen molar-refractivity contribution in [3.05, 3.63) is 35.9 Å². The van der Waals surface area contributed by atoms with Gasteiger partial charge in [0.2, 0.25) is 0 Å². The number of hydrogen-bond donors (Lipinski definition) is 1. The van der Waals surface area contributed by atoms with Crippen LogP contribution in [0.2, 0.25) is 0 Å². The van der Waals surface area contributed by atoms with E-state index < -0.39 is 18.3 Å². The van der Waals surface area contributed by atoms with Gasteiger partial charge in [0.05, 0.1) is 6.61 Å². The fourth-order valence-electron chi connectivity index (χ4n) is 2.88. The Hall–Kier alpha value is -1.63. The topological polar surface area (TPSA) is 83.3 Å². The Morgan fingerprint density at radius 1 is 1.43 bits per heavy atom. The second-order valence-corrected chi connectivity index (χ2v) is 5.30. The molecule has 2 saturated heterocycles. The van der Waals surface area contributed by atoms with E-state index in [0.29, 0.717) is 13.0 Å². The van der Waals surface area contributed by atoms with Crippen molar-refractivity contribution in [3.63, 3.8) is 0 Å². The molecule has 114 valence electrons. The van der Waals surface area contributed by atoms with Crippen LogP contribution in [-0.4, -0.2) is 50.3 Å². The Morgan fingerprint density at radius 3 is 2.71 bits per heavy atom. The van der Waals surface area contributed by atoms with E-state index in [1.54, 1.807) is 7.11 Å². The molecule has 2 aliphatic heterocycles. The summed E-state index contributed by atoms with van der Waals surface area (Å²) in [6, 6.07) is 9.74. The summed E-state index contributed by atoms with van der Waals surface area (Å²) in [6.07, 6.45) is -1.27. The third-order valence-electron chi connectivity index (χ3n) is 3.91. The number of carbonyl (C=O) groups excluding carboxylic acids is 1. The third kappa shape index (κ3) is 3.18. The quantitative estimate of drug-likeness (QED) is 0.787. The number of primary amides is 1. The van der Waals surface area contributed by atoms with Gasteiger partial charge in [-0.05, 0) is 5.56 Å². The van der Waals surface area contributed by atoms with Crippen molar-refractivity contribution < 1.29 is 23.7 Å². The molecule has 6 heteroatoms. The number of benzene rings is 1. The number of methoxy groups -OCH3 is 1. The minimum Gasteiger partial charge on any atom is -0.443 e. The van der Waals surface area contributed by atoms with Gasteiger partial charge in [0.1, 0.15) is 30.5 Å². The van der Waals surface area contributed by atoms with E-state index in [0.717, 1.165) is 5.56 Å². The van der Waals surface area contributed by atoms with Gasteiger partial charge >= 0.3 is 6.09 Å². The average Bonchev–Trinajstić information content (AvgIpc) is 3.14. The van der Waals surface area contributed by atoms with Gasteiger partial charge in [-0.3, -0.25) is 0 Å². The van der Waals surface area contributed by atoms with E-state index in [4.69, 9.17) is 24.7 Å². The number of ether oxygens (including phenoxy) is 4. The van der Waals surface area contributed by atoms with Crippen LogP contribution >= 0.6 is 0 Å². The predicted octanol–water partition coefficient (Wildman–Crippen LogP) is 0.874. The number of nitrogens with two attached hydrogens (primary N) is 1. The predicted molar refractivity (Wildman–Crippen MR) is 73.8 cm³/mol. The SMILES string of the molecule is COC(C(Cc1ccccc1)OC(N)=O)[C@H]1OC[C@@H]2O[C@@H]21. The lowest BCUT2D eigenvalue weighted by atomic mass is 9.98. The van der Waals surface area contributed by atoms with Crippen LogP contribution in [0.25, 0.3) is 0 Å². The molecule has 0 spiro atoms. The summed E-state index contributed by atoms with van der Waals surface area (Å²) in [5, 5.41) is 0. The molecule has 0 radical (unpaired) electrons. The summed E-state index contributed by atoms with van der Waals surface area (Å²) in [7, 11) is 1.58. The summed E-state index contributed by atoms with van der Waals surface area (Å²) in [5.74, 6) is 0. The molecule has 1 amide bonds. The van der Waals surface area contributed by atoms with Crippen molar-refractivity contribution in [1.29, 1.82) is 0 Å². The molecule has 0 saturated carbocycles. The molecule has 5 atom stereocenters. The van der Waals surface area contributed by atoms with Gasteiger partial charge in [-0.1, -0.05) is 30.3 Å². The highest BCUT2D eigenvalue weighted by atomic mass is 16.7. The Morgan fingerprint density at radius 2 is 2.19 bits per heavy atom. The molecule has 0 aromatic heterocycles. The largest absolute Gasteiger partial charge is 0.443 e. The number of amides is 1. The van der Waals surface area contributed by atoms with Gasteiger partial charge in [-0.15, -0.1) is 0 Å². The summed E-state index contributed by atoms with van der Waals surface area (Å²) < 4.78 is 22.0. The molecule has 0 aliphatic carbocycles. The van der Waals surface area contributed by atoms with E-state index in [1.807, 2.05) is 30.3 Å². The minimum absolute atomic E-state index is 0.0321. The first-order valence-electron chi connectivity index (χ1n) is 6.99. The van der Waals surface area contributed by atoms with Crippen molar-refractivity contribution in [1.82, 2.24) is 0 Å². The van der Waals surface area contributed by atoms with Crippen LogP contribution in [0.3, 0.4) is 0 Å². The molecular weight excluding hydrogens is 274 g/mol. The molecule has 2 aliphatic rings. The maximum absolute atomic E-state index is 11.2. The van der Waals surface area contributed by atoms with Crippen LogP contribution in [0, 0.1) is 0 Å². The zero-order chi connectivity index (χ0) is 14.8. The van der Waals surface area contributed by atoms with Gasteiger partial charge in [0.25, 0.3) is 0 Å². The Kier molecular flexibility index (Phi) is 4.10. The summed E-state index contributed by atoms with van der Waals surface area (Å²) >= 11 is 0. The molecule has 21 heavy (non-hydrogen) atoms. The van der Waals surface area contributed by atoms with Gasteiger partial charge in [-0.2, -0.15) is 0 Å². The Bertz CT molecular complexity index is 494. The number of fused-ring (bicyclic) bond motifs is 1. The van der Waals surface area contributed by atoms with Crippen LogP contribution in [0.5, 0.6) is 0 Å². The van der Waals surface area contributed by atoms with Crippen LogP contribution in [0.15, 0.2) is 30.3 Å². The molecule has 2 N–H and O–H groups in total.